The third kappa shape index (κ3) is 6.00. The van der Waals surface area contributed by atoms with E-state index in [1.54, 1.807) is 6.92 Å². The summed E-state index contributed by atoms with van der Waals surface area (Å²) in [7, 11) is -3.33. The van der Waals surface area contributed by atoms with Gasteiger partial charge in [-0.2, -0.15) is 8.42 Å². The van der Waals surface area contributed by atoms with E-state index in [4.69, 9.17) is 37.5 Å². The predicted octanol–water partition coefficient (Wildman–Crippen LogP) is 0.376. The van der Waals surface area contributed by atoms with Gasteiger partial charge in [0, 0.05) is 42.0 Å². The molecule has 0 amide bonds. The quantitative estimate of drug-likeness (QED) is 0.153. The molecule has 2 aliphatic carbocycles. The number of aliphatic hydroxyl groups is 2. The van der Waals surface area contributed by atoms with E-state index in [0.29, 0.717) is 0 Å². The fourth-order valence-electron chi connectivity index (χ4n) is 5.66. The maximum absolute atomic E-state index is 13.6. The average Bonchev–Trinajstić information content (AvgIpc) is 2.90. The van der Waals surface area contributed by atoms with Gasteiger partial charge in [0.25, 0.3) is 0 Å². The number of hydrogen-bond acceptors (Lipinski definition) is 13. The number of aliphatic hydroxyl groups excluding tert-OH is 1. The maximum atomic E-state index is 13.6. The Labute approximate surface area is 245 Å². The highest BCUT2D eigenvalue weighted by Crippen LogP contribution is 2.52. The summed E-state index contributed by atoms with van der Waals surface area (Å²) in [6.45, 7) is 2.79. The minimum absolute atomic E-state index is 0.0147. The van der Waals surface area contributed by atoms with Crippen LogP contribution in [0.2, 0.25) is 0 Å². The number of carbonyl (C=O) groups is 3. The van der Waals surface area contributed by atoms with Gasteiger partial charge in [0.05, 0.1) is 42.1 Å². The molecule has 3 aliphatic rings. The molecule has 0 saturated carbocycles. The summed E-state index contributed by atoms with van der Waals surface area (Å²) in [6.07, 6.45) is -4.53. The number of ketones is 3. The number of fused-ring (bicyclic) bond motifs is 3. The number of benzene rings is 2. The van der Waals surface area contributed by atoms with Crippen molar-refractivity contribution in [2.24, 2.45) is 5.73 Å². The van der Waals surface area contributed by atoms with Crippen LogP contribution >= 0.6 is 0 Å². The van der Waals surface area contributed by atoms with Crippen molar-refractivity contribution in [2.45, 2.75) is 69.4 Å². The van der Waals surface area contributed by atoms with Gasteiger partial charge < -0.3 is 40.4 Å². The Morgan fingerprint density at radius 1 is 1.09 bits per heavy atom. The normalized spacial score (nSPS) is 28.1. The number of ether oxygens (including phenoxy) is 3. The fraction of sp³-hybridized carbons (Fsp3) is 0.444. The van der Waals surface area contributed by atoms with E-state index in [1.807, 2.05) is 0 Å². The minimum Gasteiger partial charge on any atom is -0.507 e. The van der Waals surface area contributed by atoms with Crippen LogP contribution in [-0.4, -0.2) is 92.5 Å². The monoisotopic (exact) mass is 625 g/mol. The average molecular weight is 626 g/mol. The fourth-order valence-corrected chi connectivity index (χ4v) is 5.66. The molecule has 0 bridgehead atoms. The van der Waals surface area contributed by atoms with Crippen molar-refractivity contribution in [3.8, 4) is 17.2 Å². The van der Waals surface area contributed by atoms with Crippen LogP contribution in [0.1, 0.15) is 75.8 Å². The molecule has 5 rings (SSSR count). The number of nitrogens with two attached hydrogens (primary N) is 1. The van der Waals surface area contributed by atoms with Crippen LogP contribution in [0.4, 0.5) is 0 Å². The van der Waals surface area contributed by atoms with Crippen molar-refractivity contribution < 1.29 is 66.5 Å². The van der Waals surface area contributed by atoms with E-state index in [2.05, 4.69) is 0 Å². The van der Waals surface area contributed by atoms with Gasteiger partial charge in [0.1, 0.15) is 22.8 Å². The molecular formula is C27H31NO14S. The van der Waals surface area contributed by atoms with E-state index in [-0.39, 0.29) is 40.8 Å². The van der Waals surface area contributed by atoms with Gasteiger partial charge in [-0.25, -0.2) is 0 Å². The Morgan fingerprint density at radius 2 is 1.70 bits per heavy atom. The number of rotatable bonds is 4. The zero-order valence-electron chi connectivity index (χ0n) is 23.2. The molecule has 15 nitrogen and oxygen atoms in total. The van der Waals surface area contributed by atoms with E-state index in [9.17, 15) is 34.8 Å². The van der Waals surface area contributed by atoms with E-state index in [1.165, 1.54) is 32.2 Å². The molecule has 1 heterocycles. The summed E-state index contributed by atoms with van der Waals surface area (Å²) in [5, 5.41) is 44.1. The molecule has 0 radical (unpaired) electrons. The zero-order valence-corrected chi connectivity index (χ0v) is 24.0. The number of Topliss-reactive ketones (excluding diaryl/α,β-unsaturated/α-hetero) is 1. The Morgan fingerprint density at radius 3 is 2.26 bits per heavy atom. The summed E-state index contributed by atoms with van der Waals surface area (Å²) in [5.41, 5.74) is 2.97. The van der Waals surface area contributed by atoms with E-state index in [0.717, 1.165) is 0 Å². The summed E-state index contributed by atoms with van der Waals surface area (Å²) >= 11 is 0. The van der Waals surface area contributed by atoms with E-state index >= 15 is 0 Å². The zero-order chi connectivity index (χ0) is 32.2. The van der Waals surface area contributed by atoms with Crippen molar-refractivity contribution >= 4 is 27.7 Å². The van der Waals surface area contributed by atoms with Crippen LogP contribution in [0.3, 0.4) is 0 Å². The predicted molar refractivity (Wildman–Crippen MR) is 145 cm³/mol. The van der Waals surface area contributed by atoms with Crippen LogP contribution in [0, 0.1) is 0 Å². The molecule has 2 aromatic carbocycles. The maximum Gasteiger partial charge on any atom is 0.394 e. The summed E-state index contributed by atoms with van der Waals surface area (Å²) < 4.78 is 48.6. The van der Waals surface area contributed by atoms with Gasteiger partial charge in [-0.3, -0.25) is 23.5 Å². The minimum atomic E-state index is -4.67. The molecule has 1 aliphatic heterocycles. The number of methoxy groups -OCH3 is 1. The largest absolute Gasteiger partial charge is 0.507 e. The molecule has 0 unspecified atom stereocenters. The van der Waals surface area contributed by atoms with Crippen molar-refractivity contribution in [1.29, 1.82) is 0 Å². The van der Waals surface area contributed by atoms with Gasteiger partial charge in [-0.15, -0.1) is 0 Å². The Balaban J connectivity index is 0.000000782. The molecule has 16 heteroatoms. The van der Waals surface area contributed by atoms with Gasteiger partial charge in [-0.1, -0.05) is 12.1 Å². The van der Waals surface area contributed by atoms with Gasteiger partial charge in [-0.05, 0) is 19.9 Å². The van der Waals surface area contributed by atoms with Gasteiger partial charge in [0.2, 0.25) is 5.78 Å². The summed E-state index contributed by atoms with van der Waals surface area (Å²) in [6, 6.07) is 3.75. The van der Waals surface area contributed by atoms with Crippen LogP contribution in [0.15, 0.2) is 18.2 Å². The first kappa shape index (κ1) is 32.4. The highest BCUT2D eigenvalue weighted by molar-refractivity contribution is 7.79. The Kier molecular flexibility index (Phi) is 8.71. The molecule has 2 aromatic rings. The van der Waals surface area contributed by atoms with Gasteiger partial charge >= 0.3 is 10.4 Å². The van der Waals surface area contributed by atoms with Crippen LogP contribution in [0.5, 0.6) is 17.2 Å². The second kappa shape index (κ2) is 11.5. The smallest absolute Gasteiger partial charge is 0.394 e. The first-order chi connectivity index (χ1) is 19.9. The molecule has 1 fully saturated rings. The Bertz CT molecular complexity index is 1590. The van der Waals surface area contributed by atoms with Crippen LogP contribution in [-0.2, 0) is 31.1 Å². The lowest BCUT2D eigenvalue weighted by atomic mass is 9.72. The van der Waals surface area contributed by atoms with Crippen molar-refractivity contribution in [3.05, 3.63) is 51.6 Å². The molecule has 8 N–H and O–H groups in total. The molecule has 0 spiro atoms. The van der Waals surface area contributed by atoms with Crippen LogP contribution < -0.4 is 10.5 Å². The van der Waals surface area contributed by atoms with Crippen molar-refractivity contribution in [1.82, 2.24) is 0 Å². The second-order valence-electron chi connectivity index (χ2n) is 10.6. The standard InChI is InChI=1S/C27H29NO10.H2O4S/c1-10-22(30)14(28)7-17(37-10)38-16-9-27(35,11(2)29)8-13-19(16)26(34)21-20(24(13)32)23(31)12-5-4-6-15(36-3)18(12)25(21)33;1-5(2,3)4/h4-6,10,14,16-17,22,30,32,34-35H,7-9,28H2,1-3H3;(H2,1,2,3,4)/t10-,14-,16-,17-,22+,27-;/m0./s1. The lowest BCUT2D eigenvalue weighted by Crippen LogP contribution is -2.52. The number of aromatic hydroxyl groups is 2. The number of phenolic OH excluding ortho intramolecular Hbond substituents is 2. The number of carbonyl (C=O) groups excluding carboxylic acids is 3. The lowest BCUT2D eigenvalue weighted by Gasteiger charge is -2.42. The first-order valence-corrected chi connectivity index (χ1v) is 14.3. The molecular weight excluding hydrogens is 594 g/mol. The summed E-state index contributed by atoms with van der Waals surface area (Å²) in [5.74, 6) is -3.18. The van der Waals surface area contributed by atoms with Crippen LogP contribution in [0.25, 0.3) is 0 Å². The Hall–Kier alpha value is -3.48. The number of phenols is 2. The van der Waals surface area contributed by atoms with Gasteiger partial charge in [0.15, 0.2) is 17.9 Å². The highest BCUT2D eigenvalue weighted by Gasteiger charge is 2.49. The second-order valence-corrected chi connectivity index (χ2v) is 11.5. The number of hydrogen-bond donors (Lipinski definition) is 7. The molecule has 234 valence electrons. The lowest BCUT2D eigenvalue weighted by molar-refractivity contribution is -0.247. The van der Waals surface area contributed by atoms with Crippen molar-refractivity contribution in [2.75, 3.05) is 7.11 Å². The molecule has 6 atom stereocenters. The SMILES string of the molecule is COc1cccc2c1C(=O)c1c(O)c3c(c(O)c1C2=O)C[C@@](O)(C(C)=O)C[C@@H]3O[C@H]1C[C@H](N)[C@H](O)[C@H](C)O1.O=S(=O)(O)O. The summed E-state index contributed by atoms with van der Waals surface area (Å²) in [4.78, 5) is 39.6. The topological polar surface area (TPSA) is 260 Å². The van der Waals surface area contributed by atoms with Crippen molar-refractivity contribution in [3.63, 3.8) is 0 Å². The molecule has 43 heavy (non-hydrogen) atoms. The molecule has 1 saturated heterocycles. The molecule has 0 aromatic heterocycles. The first-order valence-electron chi connectivity index (χ1n) is 12.9. The third-order valence-electron chi connectivity index (χ3n) is 7.80. The van der Waals surface area contributed by atoms with E-state index < -0.39 is 93.0 Å². The third-order valence-corrected chi connectivity index (χ3v) is 7.80. The highest BCUT2D eigenvalue weighted by atomic mass is 32.3.